The first-order chi connectivity index (χ1) is 12.3. The molecule has 0 saturated heterocycles. The molecule has 0 aliphatic heterocycles. The van der Waals surface area contributed by atoms with Gasteiger partial charge in [-0.05, 0) is 43.0 Å². The van der Waals surface area contributed by atoms with Gasteiger partial charge in [0.15, 0.2) is 0 Å². The lowest BCUT2D eigenvalue weighted by Crippen LogP contribution is -2.24. The highest BCUT2D eigenvalue weighted by molar-refractivity contribution is 5.97. The second kappa shape index (κ2) is 6.97. The number of rotatable bonds is 3. The molecule has 1 aliphatic rings. The molecule has 0 N–H and O–H groups in total. The maximum absolute atomic E-state index is 12.9. The summed E-state index contributed by atoms with van der Waals surface area (Å²) in [5.74, 6) is -1.26. The van der Waals surface area contributed by atoms with Crippen LogP contribution in [0.4, 0.5) is 13.2 Å². The van der Waals surface area contributed by atoms with E-state index in [1.807, 2.05) is 0 Å². The minimum absolute atomic E-state index is 0.0439. The average Bonchev–Trinajstić information content (AvgIpc) is 2.65. The van der Waals surface area contributed by atoms with Crippen molar-refractivity contribution in [3.8, 4) is 5.75 Å². The smallest absolute Gasteiger partial charge is 0.392 e. The topological polar surface area (TPSA) is 48.4 Å². The molecule has 1 aromatic carbocycles. The van der Waals surface area contributed by atoms with Crippen LogP contribution in [-0.2, 0) is 4.74 Å². The third kappa shape index (κ3) is 3.52. The summed E-state index contributed by atoms with van der Waals surface area (Å²) in [7, 11) is 2.80. The molecule has 1 heterocycles. The number of aromatic nitrogens is 1. The van der Waals surface area contributed by atoms with E-state index >= 15 is 0 Å². The Kier molecular flexibility index (Phi) is 4.89. The second-order valence-corrected chi connectivity index (χ2v) is 6.20. The molecule has 2 aromatic rings. The van der Waals surface area contributed by atoms with Crippen LogP contribution in [0.5, 0.6) is 5.75 Å². The summed E-state index contributed by atoms with van der Waals surface area (Å²) in [5.41, 5.74) is 2.47. The van der Waals surface area contributed by atoms with Gasteiger partial charge in [-0.1, -0.05) is 6.08 Å². The number of pyridine rings is 1. The summed E-state index contributed by atoms with van der Waals surface area (Å²) in [5, 5.41) is 0.668. The molecule has 0 saturated carbocycles. The molecular weight excluding hydrogens is 347 g/mol. The first-order valence-corrected chi connectivity index (χ1v) is 8.15. The number of hydrogen-bond donors (Lipinski definition) is 0. The summed E-state index contributed by atoms with van der Waals surface area (Å²) in [4.78, 5) is 16.1. The predicted molar refractivity (Wildman–Crippen MR) is 91.0 cm³/mol. The molecule has 3 rings (SSSR count). The van der Waals surface area contributed by atoms with Gasteiger partial charge >= 0.3 is 12.1 Å². The number of halogens is 3. The maximum Gasteiger partial charge on any atom is 0.392 e. The summed E-state index contributed by atoms with van der Waals surface area (Å²) >= 11 is 0. The molecule has 7 heteroatoms. The monoisotopic (exact) mass is 365 g/mol. The van der Waals surface area contributed by atoms with Crippen LogP contribution in [0.1, 0.15) is 35.2 Å². The highest BCUT2D eigenvalue weighted by atomic mass is 19.4. The van der Waals surface area contributed by atoms with E-state index in [4.69, 9.17) is 9.47 Å². The highest BCUT2D eigenvalue weighted by Crippen LogP contribution is 2.41. The SMILES string of the molecule is COC(=O)c1cnc2c(C3=CCC(C(F)(F)F)CC3)cc(OC)cc2c1. The molecule has 26 heavy (non-hydrogen) atoms. The second-order valence-electron chi connectivity index (χ2n) is 6.20. The lowest BCUT2D eigenvalue weighted by atomic mass is 9.85. The minimum Gasteiger partial charge on any atom is -0.497 e. The Labute approximate surface area is 148 Å². The third-order valence-electron chi connectivity index (χ3n) is 4.63. The van der Waals surface area contributed by atoms with Gasteiger partial charge in [-0.15, -0.1) is 0 Å². The number of carbonyl (C=O) groups excluding carboxylic acids is 1. The summed E-state index contributed by atoms with van der Waals surface area (Å²) in [6.07, 6.45) is -0.817. The van der Waals surface area contributed by atoms with E-state index in [9.17, 15) is 18.0 Å². The summed E-state index contributed by atoms with van der Waals surface area (Å²) in [6, 6.07) is 5.15. The molecular formula is C19H18F3NO3. The number of nitrogens with zero attached hydrogens (tertiary/aromatic N) is 1. The van der Waals surface area contributed by atoms with E-state index in [2.05, 4.69) is 4.98 Å². The fourth-order valence-electron chi connectivity index (χ4n) is 3.19. The molecule has 0 bridgehead atoms. The van der Waals surface area contributed by atoms with Gasteiger partial charge in [0.05, 0.1) is 31.2 Å². The van der Waals surface area contributed by atoms with E-state index in [0.29, 0.717) is 28.6 Å². The van der Waals surface area contributed by atoms with Gasteiger partial charge in [0.2, 0.25) is 0 Å². The number of allylic oxidation sites excluding steroid dienone is 2. The zero-order chi connectivity index (χ0) is 18.9. The number of fused-ring (bicyclic) bond motifs is 1. The van der Waals surface area contributed by atoms with E-state index in [0.717, 1.165) is 11.1 Å². The van der Waals surface area contributed by atoms with E-state index in [1.165, 1.54) is 20.4 Å². The largest absolute Gasteiger partial charge is 0.497 e. The number of ether oxygens (including phenoxy) is 2. The Balaban J connectivity index is 2.05. The van der Waals surface area contributed by atoms with Crippen LogP contribution < -0.4 is 4.74 Å². The number of benzene rings is 1. The molecule has 0 amide bonds. The van der Waals surface area contributed by atoms with Crippen molar-refractivity contribution in [2.24, 2.45) is 5.92 Å². The first kappa shape index (κ1) is 18.2. The molecule has 4 nitrogen and oxygen atoms in total. The van der Waals surface area contributed by atoms with E-state index < -0.39 is 18.1 Å². The maximum atomic E-state index is 12.9. The van der Waals surface area contributed by atoms with Gasteiger partial charge in [-0.25, -0.2) is 4.79 Å². The van der Waals surface area contributed by atoms with Crippen molar-refractivity contribution < 1.29 is 27.4 Å². The molecule has 1 aromatic heterocycles. The minimum atomic E-state index is -4.17. The van der Waals surface area contributed by atoms with Crippen molar-refractivity contribution in [3.63, 3.8) is 0 Å². The molecule has 0 fully saturated rings. The van der Waals surface area contributed by atoms with Crippen LogP contribution in [0.2, 0.25) is 0 Å². The van der Waals surface area contributed by atoms with Crippen molar-refractivity contribution in [2.75, 3.05) is 14.2 Å². The van der Waals surface area contributed by atoms with Crippen LogP contribution in [0.25, 0.3) is 16.5 Å². The average molecular weight is 365 g/mol. The number of alkyl halides is 3. The van der Waals surface area contributed by atoms with E-state index in [1.54, 1.807) is 24.3 Å². The van der Waals surface area contributed by atoms with Crippen molar-refractivity contribution in [1.82, 2.24) is 4.98 Å². The standard InChI is InChI=1S/C19H18F3NO3/c1-25-15-8-12-7-13(18(24)26-2)10-23-17(12)16(9-15)11-3-5-14(6-4-11)19(20,21)22/h3,7-10,14H,4-6H2,1-2H3. The Hall–Kier alpha value is -2.57. The van der Waals surface area contributed by atoms with Crippen LogP contribution in [-0.4, -0.2) is 31.3 Å². The van der Waals surface area contributed by atoms with Gasteiger partial charge in [0.25, 0.3) is 0 Å². The van der Waals surface area contributed by atoms with Crippen molar-refractivity contribution >= 4 is 22.4 Å². The molecule has 1 unspecified atom stereocenters. The van der Waals surface area contributed by atoms with Gasteiger partial charge in [0, 0.05) is 17.1 Å². The van der Waals surface area contributed by atoms with Crippen LogP contribution in [0, 0.1) is 5.92 Å². The van der Waals surface area contributed by atoms with Gasteiger partial charge in [-0.2, -0.15) is 13.2 Å². The predicted octanol–water partition coefficient (Wildman–Crippen LogP) is 4.78. The van der Waals surface area contributed by atoms with Gasteiger partial charge in [-0.3, -0.25) is 4.98 Å². The summed E-state index contributed by atoms with van der Waals surface area (Å²) < 4.78 is 48.7. The third-order valence-corrected chi connectivity index (χ3v) is 4.63. The van der Waals surface area contributed by atoms with Crippen LogP contribution >= 0.6 is 0 Å². The van der Waals surface area contributed by atoms with Gasteiger partial charge in [0.1, 0.15) is 5.75 Å². The Morgan fingerprint density at radius 3 is 2.58 bits per heavy atom. The fourth-order valence-corrected chi connectivity index (χ4v) is 3.19. The normalized spacial score (nSPS) is 17.7. The quantitative estimate of drug-likeness (QED) is 0.735. The molecule has 0 radical (unpaired) electrons. The number of hydrogen-bond acceptors (Lipinski definition) is 4. The van der Waals surface area contributed by atoms with Crippen LogP contribution in [0.3, 0.4) is 0 Å². The number of carbonyl (C=O) groups is 1. The zero-order valence-electron chi connectivity index (χ0n) is 14.4. The lowest BCUT2D eigenvalue weighted by Gasteiger charge is -2.24. The Morgan fingerprint density at radius 1 is 1.23 bits per heavy atom. The molecule has 0 spiro atoms. The van der Waals surface area contributed by atoms with Crippen LogP contribution in [0.15, 0.2) is 30.5 Å². The summed E-state index contributed by atoms with van der Waals surface area (Å²) in [6.45, 7) is 0. The fraction of sp³-hybridized carbons (Fsp3) is 0.368. The first-order valence-electron chi connectivity index (χ1n) is 8.15. The zero-order valence-corrected chi connectivity index (χ0v) is 14.4. The number of esters is 1. The highest BCUT2D eigenvalue weighted by Gasteiger charge is 2.39. The van der Waals surface area contributed by atoms with Crippen molar-refractivity contribution in [2.45, 2.75) is 25.4 Å². The van der Waals surface area contributed by atoms with E-state index in [-0.39, 0.29) is 12.8 Å². The van der Waals surface area contributed by atoms with Crippen molar-refractivity contribution in [3.05, 3.63) is 41.6 Å². The molecule has 138 valence electrons. The Morgan fingerprint density at radius 2 is 2.00 bits per heavy atom. The molecule has 1 aliphatic carbocycles. The van der Waals surface area contributed by atoms with Crippen molar-refractivity contribution in [1.29, 1.82) is 0 Å². The lowest BCUT2D eigenvalue weighted by molar-refractivity contribution is -0.175. The molecule has 1 atom stereocenters. The van der Waals surface area contributed by atoms with Gasteiger partial charge < -0.3 is 9.47 Å². The Bertz CT molecular complexity index is 874. The number of methoxy groups -OCH3 is 2.